The minimum absolute atomic E-state index is 0.0229. The molecule has 1 aliphatic rings. The van der Waals surface area contributed by atoms with Gasteiger partial charge in [0.1, 0.15) is 10.7 Å². The lowest BCUT2D eigenvalue weighted by Crippen LogP contribution is -2.39. The third-order valence-corrected chi connectivity index (χ3v) is 6.57. The van der Waals surface area contributed by atoms with Gasteiger partial charge in [0.05, 0.1) is 16.6 Å². The van der Waals surface area contributed by atoms with E-state index in [0.29, 0.717) is 30.4 Å². The van der Waals surface area contributed by atoms with Gasteiger partial charge in [0.2, 0.25) is 11.7 Å². The first kappa shape index (κ1) is 20.7. The van der Waals surface area contributed by atoms with Crippen LogP contribution < -0.4 is 0 Å². The van der Waals surface area contributed by atoms with Gasteiger partial charge in [0.25, 0.3) is 5.91 Å². The Morgan fingerprint density at radius 3 is 3.03 bits per heavy atom. The van der Waals surface area contributed by atoms with Crippen LogP contribution >= 0.6 is 11.3 Å². The second-order valence-electron chi connectivity index (χ2n) is 7.68. The molecule has 1 unspecified atom stereocenters. The van der Waals surface area contributed by atoms with Crippen molar-refractivity contribution in [2.45, 2.75) is 51.9 Å². The van der Waals surface area contributed by atoms with Crippen molar-refractivity contribution in [3.63, 3.8) is 0 Å². The summed E-state index contributed by atoms with van der Waals surface area (Å²) < 4.78 is 19.0. The first-order valence-electron chi connectivity index (χ1n) is 10.4. The smallest absolute Gasteiger partial charge is 0.265 e. The standard InChI is InChI=1S/C22H25FN4O2S/c1-3-4-10-18-24-14(2)19(30-18)22(28)27-11-6-8-16(13-27)21-25-20(26-29-21)15-7-5-9-17(23)12-15/h5,7,9,12,16H,3-4,6,8,10-11,13H2,1-2H3. The van der Waals surface area contributed by atoms with Crippen LogP contribution in [0.4, 0.5) is 4.39 Å². The zero-order valence-electron chi connectivity index (χ0n) is 17.2. The number of nitrogens with zero attached hydrogens (tertiary/aromatic N) is 4. The Kier molecular flexibility index (Phi) is 6.22. The fourth-order valence-corrected chi connectivity index (χ4v) is 4.81. The number of unbranched alkanes of at least 4 members (excludes halogenated alkanes) is 1. The number of amides is 1. The molecule has 2 aromatic heterocycles. The number of halogens is 1. The fraction of sp³-hybridized carbons (Fsp3) is 0.455. The van der Waals surface area contributed by atoms with Crippen LogP contribution in [0.2, 0.25) is 0 Å². The Bertz CT molecular complexity index is 1030. The Morgan fingerprint density at radius 1 is 1.37 bits per heavy atom. The summed E-state index contributed by atoms with van der Waals surface area (Å²) in [5.74, 6) is 0.530. The Labute approximate surface area is 179 Å². The van der Waals surface area contributed by atoms with Crippen LogP contribution in [0, 0.1) is 12.7 Å². The molecule has 0 aliphatic carbocycles. The second-order valence-corrected chi connectivity index (χ2v) is 8.77. The van der Waals surface area contributed by atoms with E-state index in [0.717, 1.165) is 47.7 Å². The number of aryl methyl sites for hydroxylation is 2. The molecule has 0 spiro atoms. The number of carbonyl (C=O) groups is 1. The third-order valence-electron chi connectivity index (χ3n) is 5.36. The normalized spacial score (nSPS) is 16.8. The van der Waals surface area contributed by atoms with Crippen molar-refractivity contribution >= 4 is 17.2 Å². The predicted octanol–water partition coefficient (Wildman–Crippen LogP) is 5.00. The van der Waals surface area contributed by atoms with E-state index in [4.69, 9.17) is 4.52 Å². The van der Waals surface area contributed by atoms with Gasteiger partial charge < -0.3 is 9.42 Å². The maximum absolute atomic E-state index is 13.5. The van der Waals surface area contributed by atoms with Crippen molar-refractivity contribution in [3.8, 4) is 11.4 Å². The fourth-order valence-electron chi connectivity index (χ4n) is 3.74. The molecule has 1 aliphatic heterocycles. The summed E-state index contributed by atoms with van der Waals surface area (Å²) in [5.41, 5.74) is 1.39. The molecule has 1 saturated heterocycles. The van der Waals surface area contributed by atoms with Gasteiger partial charge in [0.15, 0.2) is 0 Å². The maximum Gasteiger partial charge on any atom is 0.265 e. The number of thiazole rings is 1. The van der Waals surface area contributed by atoms with E-state index in [1.807, 2.05) is 11.8 Å². The van der Waals surface area contributed by atoms with Crippen LogP contribution in [0.5, 0.6) is 0 Å². The molecule has 6 nitrogen and oxygen atoms in total. The Balaban J connectivity index is 1.47. The highest BCUT2D eigenvalue weighted by atomic mass is 32.1. The maximum atomic E-state index is 13.5. The first-order valence-corrected chi connectivity index (χ1v) is 11.2. The molecule has 0 bridgehead atoms. The summed E-state index contributed by atoms with van der Waals surface area (Å²) in [5, 5.41) is 5.04. The van der Waals surface area contributed by atoms with E-state index in [1.54, 1.807) is 12.1 Å². The minimum Gasteiger partial charge on any atom is -0.339 e. The van der Waals surface area contributed by atoms with Gasteiger partial charge in [-0.25, -0.2) is 9.37 Å². The number of hydrogen-bond acceptors (Lipinski definition) is 6. The number of likely N-dealkylation sites (tertiary alicyclic amines) is 1. The minimum atomic E-state index is -0.341. The number of aromatic nitrogens is 3. The lowest BCUT2D eigenvalue weighted by atomic mass is 9.97. The summed E-state index contributed by atoms with van der Waals surface area (Å²) in [6.45, 7) is 5.30. The number of rotatable bonds is 6. The molecule has 0 saturated carbocycles. The molecule has 0 radical (unpaired) electrons. The molecule has 3 heterocycles. The lowest BCUT2D eigenvalue weighted by molar-refractivity contribution is 0.0699. The van der Waals surface area contributed by atoms with Crippen molar-refractivity contribution in [1.29, 1.82) is 0 Å². The molecule has 4 rings (SSSR count). The first-order chi connectivity index (χ1) is 14.5. The van der Waals surface area contributed by atoms with Crippen molar-refractivity contribution < 1.29 is 13.7 Å². The molecule has 1 aromatic carbocycles. The van der Waals surface area contributed by atoms with Crippen molar-refractivity contribution in [1.82, 2.24) is 20.0 Å². The van der Waals surface area contributed by atoms with Gasteiger partial charge in [-0.15, -0.1) is 11.3 Å². The highest BCUT2D eigenvalue weighted by Gasteiger charge is 2.30. The molecule has 1 atom stereocenters. The van der Waals surface area contributed by atoms with Gasteiger partial charge in [-0.1, -0.05) is 30.6 Å². The summed E-state index contributed by atoms with van der Waals surface area (Å²) in [6, 6.07) is 6.13. The molecule has 158 valence electrons. The summed E-state index contributed by atoms with van der Waals surface area (Å²) in [4.78, 5) is 24.8. The van der Waals surface area contributed by atoms with Crippen molar-refractivity contribution in [2.24, 2.45) is 0 Å². The number of benzene rings is 1. The van der Waals surface area contributed by atoms with E-state index < -0.39 is 0 Å². The van der Waals surface area contributed by atoms with E-state index >= 15 is 0 Å². The van der Waals surface area contributed by atoms with Gasteiger partial charge in [-0.2, -0.15) is 4.98 Å². The zero-order chi connectivity index (χ0) is 21.1. The van der Waals surface area contributed by atoms with Crippen LogP contribution in [-0.2, 0) is 6.42 Å². The molecular formula is C22H25FN4O2S. The molecule has 1 amide bonds. The SMILES string of the molecule is CCCCc1nc(C)c(C(=O)N2CCCC(c3nc(-c4cccc(F)c4)no3)C2)s1. The largest absolute Gasteiger partial charge is 0.339 e. The topological polar surface area (TPSA) is 72.1 Å². The van der Waals surface area contributed by atoms with Gasteiger partial charge >= 0.3 is 0 Å². The van der Waals surface area contributed by atoms with Gasteiger partial charge in [0, 0.05) is 18.7 Å². The van der Waals surface area contributed by atoms with E-state index in [9.17, 15) is 9.18 Å². The Morgan fingerprint density at radius 2 is 2.23 bits per heavy atom. The van der Waals surface area contributed by atoms with Crippen LogP contribution in [0.3, 0.4) is 0 Å². The predicted molar refractivity (Wildman–Crippen MR) is 113 cm³/mol. The van der Waals surface area contributed by atoms with E-state index in [1.165, 1.54) is 23.5 Å². The molecule has 8 heteroatoms. The number of piperidine rings is 1. The molecule has 30 heavy (non-hydrogen) atoms. The molecule has 0 N–H and O–H groups in total. The van der Waals surface area contributed by atoms with Crippen LogP contribution in [-0.4, -0.2) is 39.0 Å². The summed E-state index contributed by atoms with van der Waals surface area (Å²) in [6.07, 6.45) is 4.85. The monoisotopic (exact) mass is 428 g/mol. The third kappa shape index (κ3) is 4.43. The molecular weight excluding hydrogens is 403 g/mol. The number of hydrogen-bond donors (Lipinski definition) is 0. The van der Waals surface area contributed by atoms with Crippen molar-refractivity contribution in [2.75, 3.05) is 13.1 Å². The van der Waals surface area contributed by atoms with Crippen LogP contribution in [0.25, 0.3) is 11.4 Å². The average molecular weight is 429 g/mol. The average Bonchev–Trinajstić information content (AvgIpc) is 3.39. The lowest BCUT2D eigenvalue weighted by Gasteiger charge is -2.30. The zero-order valence-corrected chi connectivity index (χ0v) is 18.0. The van der Waals surface area contributed by atoms with Crippen molar-refractivity contribution in [3.05, 3.63) is 51.6 Å². The Hall–Kier alpha value is -2.61. The summed E-state index contributed by atoms with van der Waals surface area (Å²) >= 11 is 1.51. The highest BCUT2D eigenvalue weighted by Crippen LogP contribution is 2.30. The molecule has 1 fully saturated rings. The second kappa shape index (κ2) is 9.04. The van der Waals surface area contributed by atoms with Crippen LogP contribution in [0.15, 0.2) is 28.8 Å². The summed E-state index contributed by atoms with van der Waals surface area (Å²) in [7, 11) is 0. The number of carbonyl (C=O) groups excluding carboxylic acids is 1. The van der Waals surface area contributed by atoms with E-state index in [2.05, 4.69) is 22.0 Å². The van der Waals surface area contributed by atoms with Gasteiger partial charge in [-0.05, 0) is 44.7 Å². The quantitative estimate of drug-likeness (QED) is 0.552. The van der Waals surface area contributed by atoms with E-state index in [-0.39, 0.29) is 17.6 Å². The van der Waals surface area contributed by atoms with Crippen LogP contribution in [0.1, 0.15) is 64.8 Å². The molecule has 3 aromatic rings. The van der Waals surface area contributed by atoms with Gasteiger partial charge in [-0.3, -0.25) is 4.79 Å². The highest BCUT2D eigenvalue weighted by molar-refractivity contribution is 7.13.